The highest BCUT2D eigenvalue weighted by molar-refractivity contribution is 7.89. The maximum absolute atomic E-state index is 13.7. The number of hydrogen-bond donors (Lipinski definition) is 2. The number of nitrogens with zero attached hydrogens (tertiary/aromatic N) is 3. The van der Waals surface area contributed by atoms with Crippen molar-refractivity contribution >= 4 is 55.6 Å². The first-order valence-electron chi connectivity index (χ1n) is 15.7. The maximum atomic E-state index is 13.7. The van der Waals surface area contributed by atoms with Crippen LogP contribution in [-0.4, -0.2) is 41.4 Å². The van der Waals surface area contributed by atoms with Gasteiger partial charge in [-0.3, -0.25) is 19.7 Å². The number of carbonyl (C=O) groups is 2. The molecule has 0 saturated heterocycles. The average Bonchev–Trinajstić information content (AvgIpc) is 3.63. The fraction of sp³-hybridized carbons (Fsp3) is 0.531. The topological polar surface area (TPSA) is 153 Å². The van der Waals surface area contributed by atoms with Crippen molar-refractivity contribution in [2.75, 3.05) is 11.9 Å². The molecule has 1 aliphatic rings. The fourth-order valence-electron chi connectivity index (χ4n) is 5.34. The average molecular weight is 660 g/mol. The Hall–Kier alpha value is -3.35. The van der Waals surface area contributed by atoms with Gasteiger partial charge in [0.25, 0.3) is 11.6 Å². The third kappa shape index (κ3) is 8.89. The molecule has 13 heteroatoms. The van der Waals surface area contributed by atoms with Gasteiger partial charge < -0.3 is 5.32 Å². The molecule has 244 valence electrons. The minimum absolute atomic E-state index is 0.0364. The van der Waals surface area contributed by atoms with Crippen LogP contribution in [0.4, 0.5) is 11.4 Å². The standard InChI is InChI=1S/C32H42ClN5O6S/c1-3-4-5-6-7-8-9-10-11-12-19-35-45(43,44)25-14-15-26(33)27(21-25)36-31(40)29(30(39)32(2)17-18-32)37-28-16-13-24(38(41)42)20-23(28)22-34-37/h13-16,20-22,29,35H,3-12,17-19H2,1-2H3,(H,36,40). The van der Waals surface area contributed by atoms with Crippen molar-refractivity contribution in [1.29, 1.82) is 0 Å². The van der Waals surface area contributed by atoms with E-state index in [1.165, 1.54) is 85.8 Å². The van der Waals surface area contributed by atoms with Gasteiger partial charge >= 0.3 is 0 Å². The number of fused-ring (bicyclic) bond motifs is 1. The van der Waals surface area contributed by atoms with Gasteiger partial charge in [0.05, 0.1) is 32.2 Å². The molecule has 4 rings (SSSR count). The molecular weight excluding hydrogens is 618 g/mol. The van der Waals surface area contributed by atoms with E-state index in [-0.39, 0.29) is 27.1 Å². The Kier molecular flexibility index (Phi) is 11.7. The summed E-state index contributed by atoms with van der Waals surface area (Å²) in [6.07, 6.45) is 14.0. The second-order valence-electron chi connectivity index (χ2n) is 12.1. The van der Waals surface area contributed by atoms with E-state index >= 15 is 0 Å². The number of hydrogen-bond acceptors (Lipinski definition) is 7. The van der Waals surface area contributed by atoms with Crippen LogP contribution in [0, 0.1) is 15.5 Å². The number of nitro benzene ring substituents is 1. The molecule has 0 aliphatic heterocycles. The molecule has 45 heavy (non-hydrogen) atoms. The van der Waals surface area contributed by atoms with Crippen molar-refractivity contribution in [3.05, 3.63) is 57.7 Å². The SMILES string of the molecule is CCCCCCCCCCCCNS(=O)(=O)c1ccc(Cl)c(NC(=O)C(C(=O)C2(C)CC2)n2ncc3cc([N+](=O)[O-])ccc32)c1. The third-order valence-electron chi connectivity index (χ3n) is 8.45. The van der Waals surface area contributed by atoms with Gasteiger partial charge in [-0.2, -0.15) is 5.10 Å². The van der Waals surface area contributed by atoms with E-state index in [0.29, 0.717) is 30.3 Å². The largest absolute Gasteiger partial charge is 0.322 e. The van der Waals surface area contributed by atoms with Gasteiger partial charge in [-0.05, 0) is 43.5 Å². The lowest BCUT2D eigenvalue weighted by molar-refractivity contribution is -0.384. The molecule has 1 saturated carbocycles. The summed E-state index contributed by atoms with van der Waals surface area (Å²) in [6, 6.07) is 6.67. The summed E-state index contributed by atoms with van der Waals surface area (Å²) < 4.78 is 30.0. The summed E-state index contributed by atoms with van der Waals surface area (Å²) in [5.41, 5.74) is -0.449. The van der Waals surface area contributed by atoms with Crippen LogP contribution in [-0.2, 0) is 19.6 Å². The number of sulfonamides is 1. The van der Waals surface area contributed by atoms with Gasteiger partial charge in [-0.1, -0.05) is 83.2 Å². The van der Waals surface area contributed by atoms with Crippen LogP contribution in [0.1, 0.15) is 96.9 Å². The number of halogens is 1. The number of non-ortho nitro benzene ring substituents is 1. The second kappa shape index (κ2) is 15.3. The highest BCUT2D eigenvalue weighted by Gasteiger charge is 2.50. The second-order valence-corrected chi connectivity index (χ2v) is 14.3. The van der Waals surface area contributed by atoms with Crippen LogP contribution < -0.4 is 10.0 Å². The molecule has 1 fully saturated rings. The number of rotatable bonds is 19. The molecule has 11 nitrogen and oxygen atoms in total. The maximum Gasteiger partial charge on any atom is 0.270 e. The molecular formula is C32H42ClN5O6S. The molecule has 1 aromatic heterocycles. The normalized spacial score (nSPS) is 14.7. The zero-order chi connectivity index (χ0) is 32.6. The zero-order valence-corrected chi connectivity index (χ0v) is 27.5. The summed E-state index contributed by atoms with van der Waals surface area (Å²) in [5.74, 6) is -1.10. The van der Waals surface area contributed by atoms with E-state index in [1.54, 1.807) is 6.92 Å². The Morgan fingerprint density at radius 2 is 1.67 bits per heavy atom. The van der Waals surface area contributed by atoms with E-state index in [1.807, 2.05) is 0 Å². The number of aromatic nitrogens is 2. The highest BCUT2D eigenvalue weighted by Crippen LogP contribution is 2.48. The Labute approximate surface area is 269 Å². The van der Waals surface area contributed by atoms with Gasteiger partial charge in [-0.15, -0.1) is 0 Å². The van der Waals surface area contributed by atoms with Crippen LogP contribution in [0.15, 0.2) is 47.5 Å². The predicted octanol–water partition coefficient (Wildman–Crippen LogP) is 7.35. The fourth-order valence-corrected chi connectivity index (χ4v) is 6.60. The van der Waals surface area contributed by atoms with Gasteiger partial charge in [0.1, 0.15) is 0 Å². The van der Waals surface area contributed by atoms with Crippen LogP contribution in [0.25, 0.3) is 10.9 Å². The van der Waals surface area contributed by atoms with Gasteiger partial charge in [0, 0.05) is 29.5 Å². The van der Waals surface area contributed by atoms with Crippen LogP contribution in [0.3, 0.4) is 0 Å². The number of unbranched alkanes of at least 4 members (excludes halogenated alkanes) is 9. The quantitative estimate of drug-likeness (QED) is 0.0590. The Morgan fingerprint density at radius 3 is 2.29 bits per heavy atom. The predicted molar refractivity (Wildman–Crippen MR) is 175 cm³/mol. The van der Waals surface area contributed by atoms with E-state index in [4.69, 9.17) is 11.6 Å². The van der Waals surface area contributed by atoms with Gasteiger partial charge in [0.2, 0.25) is 10.0 Å². The van der Waals surface area contributed by atoms with E-state index < -0.39 is 32.3 Å². The lowest BCUT2D eigenvalue weighted by Gasteiger charge is -2.21. The first kappa shape index (κ1) is 34.5. The molecule has 1 aliphatic carbocycles. The molecule has 0 bridgehead atoms. The molecule has 2 N–H and O–H groups in total. The molecule has 1 atom stereocenters. The van der Waals surface area contributed by atoms with Gasteiger partial charge in [-0.25, -0.2) is 17.8 Å². The van der Waals surface area contributed by atoms with Crippen LogP contribution in [0.2, 0.25) is 5.02 Å². The summed E-state index contributed by atoms with van der Waals surface area (Å²) in [6.45, 7) is 4.27. The van der Waals surface area contributed by atoms with Crippen LogP contribution in [0.5, 0.6) is 0 Å². The van der Waals surface area contributed by atoms with E-state index in [0.717, 1.165) is 25.7 Å². The Balaban J connectivity index is 1.42. The van der Waals surface area contributed by atoms with Crippen molar-refractivity contribution in [2.24, 2.45) is 5.41 Å². The number of benzene rings is 2. The van der Waals surface area contributed by atoms with Crippen molar-refractivity contribution in [3.8, 4) is 0 Å². The molecule has 0 spiro atoms. The minimum atomic E-state index is -3.88. The molecule has 0 radical (unpaired) electrons. The van der Waals surface area contributed by atoms with Crippen molar-refractivity contribution in [3.63, 3.8) is 0 Å². The van der Waals surface area contributed by atoms with Gasteiger partial charge in [0.15, 0.2) is 11.8 Å². The summed E-state index contributed by atoms with van der Waals surface area (Å²) >= 11 is 6.37. The van der Waals surface area contributed by atoms with E-state index in [9.17, 15) is 28.1 Å². The first-order chi connectivity index (χ1) is 21.5. The van der Waals surface area contributed by atoms with Crippen molar-refractivity contribution < 1.29 is 22.9 Å². The molecule has 3 aromatic rings. The number of carbonyl (C=O) groups excluding carboxylic acids is 2. The number of ketones is 1. The Morgan fingerprint density at radius 1 is 1.02 bits per heavy atom. The molecule has 2 aromatic carbocycles. The Bertz CT molecular complexity index is 1640. The molecule has 1 unspecified atom stereocenters. The summed E-state index contributed by atoms with van der Waals surface area (Å²) in [5, 5.41) is 18.6. The lowest BCUT2D eigenvalue weighted by atomic mass is 9.96. The minimum Gasteiger partial charge on any atom is -0.322 e. The zero-order valence-electron chi connectivity index (χ0n) is 25.9. The summed E-state index contributed by atoms with van der Waals surface area (Å²) in [4.78, 5) is 38.0. The first-order valence-corrected chi connectivity index (χ1v) is 17.6. The molecule has 1 amide bonds. The number of Topliss-reactive ketones (excluding diaryl/α,β-unsaturated/α-hetero) is 1. The van der Waals surface area contributed by atoms with Crippen LogP contribution >= 0.6 is 11.6 Å². The number of nitro groups is 1. The molecule has 1 heterocycles. The summed E-state index contributed by atoms with van der Waals surface area (Å²) in [7, 11) is -3.88. The monoisotopic (exact) mass is 659 g/mol. The van der Waals surface area contributed by atoms with Crippen molar-refractivity contribution in [1.82, 2.24) is 14.5 Å². The smallest absolute Gasteiger partial charge is 0.270 e. The number of amides is 1. The number of anilines is 1. The lowest BCUT2D eigenvalue weighted by Crippen LogP contribution is -2.36. The highest BCUT2D eigenvalue weighted by atomic mass is 35.5. The van der Waals surface area contributed by atoms with E-state index in [2.05, 4.69) is 22.1 Å². The van der Waals surface area contributed by atoms with Crippen molar-refractivity contribution in [2.45, 2.75) is 102 Å². The number of nitrogens with one attached hydrogen (secondary N) is 2. The third-order valence-corrected chi connectivity index (χ3v) is 10.2.